The number of ether oxygens (including phenoxy) is 1. The van der Waals surface area contributed by atoms with Gasteiger partial charge < -0.3 is 10.5 Å². The zero-order valence-electron chi connectivity index (χ0n) is 7.84. The average Bonchev–Trinajstić information content (AvgIpc) is 2.74. The number of hydrogen-bond acceptors (Lipinski definition) is 4. The van der Waals surface area contributed by atoms with E-state index >= 15 is 0 Å². The topological polar surface area (TPSA) is 52.3 Å². The Kier molecular flexibility index (Phi) is 2.69. The van der Waals surface area contributed by atoms with Crippen molar-refractivity contribution in [2.24, 2.45) is 0 Å². The SMILES string of the molecule is Nc1ccccc1OC(=O)c1cccs1. The Morgan fingerprint density at radius 3 is 2.67 bits per heavy atom. The molecule has 2 aromatic rings. The number of carbonyl (C=O) groups is 1. The smallest absolute Gasteiger partial charge is 0.353 e. The van der Waals surface area contributed by atoms with Crippen molar-refractivity contribution in [3.05, 3.63) is 46.7 Å². The molecule has 1 aromatic heterocycles. The summed E-state index contributed by atoms with van der Waals surface area (Å²) in [4.78, 5) is 12.1. The maximum atomic E-state index is 11.6. The van der Waals surface area contributed by atoms with Gasteiger partial charge in [-0.1, -0.05) is 18.2 Å². The molecule has 76 valence electrons. The first-order chi connectivity index (χ1) is 7.27. The van der Waals surface area contributed by atoms with Gasteiger partial charge in [0.2, 0.25) is 0 Å². The number of hydrogen-bond donors (Lipinski definition) is 1. The second-order valence-electron chi connectivity index (χ2n) is 2.90. The Morgan fingerprint density at radius 2 is 2.00 bits per heavy atom. The molecule has 0 aliphatic carbocycles. The van der Waals surface area contributed by atoms with Crippen molar-refractivity contribution in [3.8, 4) is 5.75 Å². The monoisotopic (exact) mass is 219 g/mol. The van der Waals surface area contributed by atoms with E-state index in [2.05, 4.69) is 0 Å². The summed E-state index contributed by atoms with van der Waals surface area (Å²) in [6, 6.07) is 10.4. The van der Waals surface area contributed by atoms with Crippen LogP contribution in [-0.4, -0.2) is 5.97 Å². The van der Waals surface area contributed by atoms with Crippen LogP contribution in [0.25, 0.3) is 0 Å². The minimum absolute atomic E-state index is 0.372. The van der Waals surface area contributed by atoms with Crippen LogP contribution in [0.15, 0.2) is 41.8 Å². The van der Waals surface area contributed by atoms with Gasteiger partial charge in [0.1, 0.15) is 4.88 Å². The normalized spacial score (nSPS) is 9.87. The summed E-state index contributed by atoms with van der Waals surface area (Å²) in [5.41, 5.74) is 6.11. The van der Waals surface area contributed by atoms with Gasteiger partial charge in [0.25, 0.3) is 0 Å². The lowest BCUT2D eigenvalue weighted by atomic mass is 10.3. The molecule has 0 amide bonds. The number of rotatable bonds is 2. The summed E-state index contributed by atoms with van der Waals surface area (Å²) in [6.07, 6.45) is 0. The minimum Gasteiger partial charge on any atom is -0.420 e. The molecule has 0 saturated heterocycles. The minimum atomic E-state index is -0.372. The molecule has 2 rings (SSSR count). The zero-order chi connectivity index (χ0) is 10.7. The van der Waals surface area contributed by atoms with E-state index in [1.807, 2.05) is 5.38 Å². The Labute approximate surface area is 91.1 Å². The molecule has 0 fully saturated rings. The number of carbonyl (C=O) groups excluding carboxylic acids is 1. The highest BCUT2D eigenvalue weighted by atomic mass is 32.1. The molecule has 0 saturated carbocycles. The molecule has 2 N–H and O–H groups in total. The summed E-state index contributed by atoms with van der Waals surface area (Å²) < 4.78 is 5.14. The molecule has 0 atom stereocenters. The maximum Gasteiger partial charge on any atom is 0.353 e. The van der Waals surface area contributed by atoms with Crippen LogP contribution in [0.1, 0.15) is 9.67 Å². The van der Waals surface area contributed by atoms with E-state index in [0.717, 1.165) is 0 Å². The van der Waals surface area contributed by atoms with Gasteiger partial charge in [0, 0.05) is 0 Å². The van der Waals surface area contributed by atoms with Crippen LogP contribution in [-0.2, 0) is 0 Å². The van der Waals surface area contributed by atoms with Crippen LogP contribution in [0.2, 0.25) is 0 Å². The first-order valence-electron chi connectivity index (χ1n) is 4.37. The van der Waals surface area contributed by atoms with Crippen molar-refractivity contribution in [3.63, 3.8) is 0 Å². The van der Waals surface area contributed by atoms with Crippen LogP contribution in [0.4, 0.5) is 5.69 Å². The fourth-order valence-electron chi connectivity index (χ4n) is 1.12. The van der Waals surface area contributed by atoms with E-state index in [1.54, 1.807) is 36.4 Å². The standard InChI is InChI=1S/C11H9NO2S/c12-8-4-1-2-5-9(8)14-11(13)10-6-3-7-15-10/h1-7H,12H2. The van der Waals surface area contributed by atoms with Gasteiger partial charge in [-0.15, -0.1) is 11.3 Å². The lowest BCUT2D eigenvalue weighted by Gasteiger charge is -2.04. The highest BCUT2D eigenvalue weighted by molar-refractivity contribution is 7.12. The lowest BCUT2D eigenvalue weighted by molar-refractivity contribution is 0.0741. The number of para-hydroxylation sites is 2. The van der Waals surface area contributed by atoms with Crippen molar-refractivity contribution >= 4 is 23.0 Å². The van der Waals surface area contributed by atoms with Gasteiger partial charge in [-0.05, 0) is 23.6 Å². The number of thiophene rings is 1. The predicted octanol–water partition coefficient (Wildman–Crippen LogP) is 2.55. The molecule has 0 radical (unpaired) electrons. The molecule has 15 heavy (non-hydrogen) atoms. The maximum absolute atomic E-state index is 11.6. The molecule has 4 heteroatoms. The Hall–Kier alpha value is -1.81. The van der Waals surface area contributed by atoms with Crippen molar-refractivity contribution in [1.29, 1.82) is 0 Å². The molecule has 1 aromatic carbocycles. The molecular weight excluding hydrogens is 210 g/mol. The number of benzene rings is 1. The van der Waals surface area contributed by atoms with Crippen LogP contribution in [0.3, 0.4) is 0 Å². The lowest BCUT2D eigenvalue weighted by Crippen LogP contribution is -2.07. The number of anilines is 1. The van der Waals surface area contributed by atoms with Gasteiger partial charge in [0.15, 0.2) is 5.75 Å². The van der Waals surface area contributed by atoms with E-state index in [0.29, 0.717) is 16.3 Å². The highest BCUT2D eigenvalue weighted by Gasteiger charge is 2.10. The third-order valence-electron chi connectivity index (χ3n) is 1.84. The molecule has 0 aliphatic rings. The molecule has 0 bridgehead atoms. The molecule has 1 heterocycles. The van der Waals surface area contributed by atoms with Gasteiger partial charge in [-0.2, -0.15) is 0 Å². The van der Waals surface area contributed by atoms with Crippen LogP contribution >= 0.6 is 11.3 Å². The van der Waals surface area contributed by atoms with Crippen molar-refractivity contribution in [2.75, 3.05) is 5.73 Å². The molecule has 0 spiro atoms. The average molecular weight is 219 g/mol. The Morgan fingerprint density at radius 1 is 1.20 bits per heavy atom. The first-order valence-corrected chi connectivity index (χ1v) is 5.25. The highest BCUT2D eigenvalue weighted by Crippen LogP contribution is 2.21. The summed E-state index contributed by atoms with van der Waals surface area (Å²) in [5.74, 6) is 0.0267. The van der Waals surface area contributed by atoms with E-state index in [9.17, 15) is 4.79 Å². The van der Waals surface area contributed by atoms with Crippen LogP contribution in [0, 0.1) is 0 Å². The van der Waals surface area contributed by atoms with Crippen molar-refractivity contribution < 1.29 is 9.53 Å². The summed E-state index contributed by atoms with van der Waals surface area (Å²) in [5, 5.41) is 1.82. The number of nitrogen functional groups attached to an aromatic ring is 1. The van der Waals surface area contributed by atoms with E-state index in [-0.39, 0.29) is 5.97 Å². The van der Waals surface area contributed by atoms with Gasteiger partial charge in [-0.3, -0.25) is 0 Å². The molecule has 0 aliphatic heterocycles. The van der Waals surface area contributed by atoms with Gasteiger partial charge >= 0.3 is 5.97 Å². The summed E-state index contributed by atoms with van der Waals surface area (Å²) >= 11 is 1.34. The molecule has 3 nitrogen and oxygen atoms in total. The largest absolute Gasteiger partial charge is 0.420 e. The number of nitrogens with two attached hydrogens (primary N) is 1. The van der Waals surface area contributed by atoms with E-state index < -0.39 is 0 Å². The third-order valence-corrected chi connectivity index (χ3v) is 2.69. The Balaban J connectivity index is 2.17. The van der Waals surface area contributed by atoms with Gasteiger partial charge in [0.05, 0.1) is 5.69 Å². The first kappa shape index (κ1) is 9.73. The molecular formula is C11H9NO2S. The van der Waals surface area contributed by atoms with Crippen LogP contribution < -0.4 is 10.5 Å². The van der Waals surface area contributed by atoms with Crippen LogP contribution in [0.5, 0.6) is 5.75 Å². The third kappa shape index (κ3) is 2.16. The quantitative estimate of drug-likeness (QED) is 0.479. The predicted molar refractivity (Wildman–Crippen MR) is 60.1 cm³/mol. The number of esters is 1. The fourth-order valence-corrected chi connectivity index (χ4v) is 1.72. The zero-order valence-corrected chi connectivity index (χ0v) is 8.66. The fraction of sp³-hybridized carbons (Fsp3) is 0. The second-order valence-corrected chi connectivity index (χ2v) is 3.85. The second kappa shape index (κ2) is 4.14. The van der Waals surface area contributed by atoms with E-state index in [1.165, 1.54) is 11.3 Å². The Bertz CT molecular complexity index is 465. The molecule has 0 unspecified atom stereocenters. The summed E-state index contributed by atoms with van der Waals surface area (Å²) in [6.45, 7) is 0. The van der Waals surface area contributed by atoms with E-state index in [4.69, 9.17) is 10.5 Å². The van der Waals surface area contributed by atoms with Crippen molar-refractivity contribution in [1.82, 2.24) is 0 Å². The summed E-state index contributed by atoms with van der Waals surface area (Å²) in [7, 11) is 0. The van der Waals surface area contributed by atoms with Crippen molar-refractivity contribution in [2.45, 2.75) is 0 Å². The van der Waals surface area contributed by atoms with Gasteiger partial charge in [-0.25, -0.2) is 4.79 Å².